The van der Waals surface area contributed by atoms with Crippen LogP contribution in [0.3, 0.4) is 0 Å². The summed E-state index contributed by atoms with van der Waals surface area (Å²) in [6.07, 6.45) is 1.99. The Balaban J connectivity index is 0.00000100. The van der Waals surface area contributed by atoms with Gasteiger partial charge in [0.05, 0.1) is 5.56 Å². The molecule has 4 heteroatoms. The van der Waals surface area contributed by atoms with E-state index in [1.165, 1.54) is 5.56 Å². The number of hydrogen-bond donors (Lipinski definition) is 0. The zero-order chi connectivity index (χ0) is 17.5. The van der Waals surface area contributed by atoms with Crippen molar-refractivity contribution in [1.82, 2.24) is 9.88 Å². The molecular weight excluding hydrogens is 320 g/mol. The highest BCUT2D eigenvalue weighted by molar-refractivity contribution is 6.32. The zero-order valence-corrected chi connectivity index (χ0v) is 14.8. The van der Waals surface area contributed by atoms with Crippen molar-refractivity contribution in [3.05, 3.63) is 77.6 Å². The molecule has 1 amide bonds. The second-order valence-electron chi connectivity index (χ2n) is 5.77. The minimum Gasteiger partial charge on any atom is -0.339 e. The number of nitrogens with zero attached hydrogens (tertiary/aromatic N) is 2. The number of halogens is 1. The van der Waals surface area contributed by atoms with E-state index in [9.17, 15) is 4.79 Å². The first-order valence-electron chi connectivity index (χ1n) is 8.12. The Morgan fingerprint density at radius 1 is 1.12 bits per heavy atom. The maximum atomic E-state index is 12.6. The van der Waals surface area contributed by atoms with Gasteiger partial charge in [0.25, 0.3) is 5.91 Å². The van der Waals surface area contributed by atoms with E-state index < -0.39 is 0 Å². The fourth-order valence-electron chi connectivity index (χ4n) is 3.00. The summed E-state index contributed by atoms with van der Waals surface area (Å²) in [6, 6.07) is 14.1. The normalized spacial score (nSPS) is 14.7. The number of aromatic nitrogens is 1. The van der Waals surface area contributed by atoms with Crippen LogP contribution in [-0.2, 0) is 0 Å². The average molecular weight is 343 g/mol. The predicted molar refractivity (Wildman–Crippen MR) is 99.6 cm³/mol. The molecule has 2 aromatic rings. The molecule has 0 N–H and O–H groups in total. The fourth-order valence-corrected chi connectivity index (χ4v) is 3.27. The van der Waals surface area contributed by atoms with Crippen LogP contribution < -0.4 is 0 Å². The standard InChI is InChI=1S/C18H19ClN2O.C2H4/c1-13-7-8-16(17(19)20-13)18(22)21-11-9-15(10-12-21)14-5-3-2-4-6-14;1-2/h2-8,15H,9-12H2,1H3;1-2H2. The van der Waals surface area contributed by atoms with Gasteiger partial charge in [-0.2, -0.15) is 0 Å². The van der Waals surface area contributed by atoms with Gasteiger partial charge in [-0.1, -0.05) is 41.9 Å². The predicted octanol–water partition coefficient (Wildman–Crippen LogP) is 4.87. The quantitative estimate of drug-likeness (QED) is 0.576. The van der Waals surface area contributed by atoms with Crippen LogP contribution in [-0.4, -0.2) is 28.9 Å². The number of carbonyl (C=O) groups excluding carboxylic acids is 1. The first-order valence-corrected chi connectivity index (χ1v) is 8.50. The van der Waals surface area contributed by atoms with Crippen LogP contribution in [0.5, 0.6) is 0 Å². The molecule has 0 spiro atoms. The van der Waals surface area contributed by atoms with Gasteiger partial charge < -0.3 is 4.90 Å². The Labute approximate surface area is 149 Å². The maximum Gasteiger partial charge on any atom is 0.256 e. The van der Waals surface area contributed by atoms with Crippen molar-refractivity contribution in [3.8, 4) is 0 Å². The van der Waals surface area contributed by atoms with E-state index in [-0.39, 0.29) is 5.91 Å². The number of carbonyl (C=O) groups is 1. The van der Waals surface area contributed by atoms with Crippen molar-refractivity contribution in [1.29, 1.82) is 0 Å². The Morgan fingerprint density at radius 3 is 2.33 bits per heavy atom. The van der Waals surface area contributed by atoms with Crippen LogP contribution in [0, 0.1) is 6.92 Å². The summed E-state index contributed by atoms with van der Waals surface area (Å²) < 4.78 is 0. The lowest BCUT2D eigenvalue weighted by molar-refractivity contribution is 0.0713. The van der Waals surface area contributed by atoms with Gasteiger partial charge in [0.15, 0.2) is 0 Å². The minimum atomic E-state index is -0.0102. The third-order valence-corrected chi connectivity index (χ3v) is 4.56. The lowest BCUT2D eigenvalue weighted by Gasteiger charge is -2.32. The number of aryl methyl sites for hydroxylation is 1. The summed E-state index contributed by atoms with van der Waals surface area (Å²) >= 11 is 6.11. The molecular formula is C20H23ClN2O. The van der Waals surface area contributed by atoms with Gasteiger partial charge in [0, 0.05) is 18.8 Å². The molecule has 1 aliphatic heterocycles. The van der Waals surface area contributed by atoms with E-state index in [2.05, 4.69) is 42.4 Å². The molecule has 0 saturated carbocycles. The highest BCUT2D eigenvalue weighted by Crippen LogP contribution is 2.29. The van der Waals surface area contributed by atoms with E-state index in [0.717, 1.165) is 31.6 Å². The van der Waals surface area contributed by atoms with E-state index in [1.807, 2.05) is 24.0 Å². The lowest BCUT2D eigenvalue weighted by atomic mass is 9.89. The smallest absolute Gasteiger partial charge is 0.256 e. The van der Waals surface area contributed by atoms with Crippen LogP contribution in [0.1, 0.15) is 40.4 Å². The number of piperidine rings is 1. The number of benzene rings is 1. The van der Waals surface area contributed by atoms with E-state index in [4.69, 9.17) is 11.6 Å². The summed E-state index contributed by atoms with van der Waals surface area (Å²) in [5, 5.41) is 0.301. The van der Waals surface area contributed by atoms with Crippen LogP contribution >= 0.6 is 11.6 Å². The monoisotopic (exact) mass is 342 g/mol. The van der Waals surface area contributed by atoms with Gasteiger partial charge in [0.1, 0.15) is 5.15 Å². The Kier molecular flexibility index (Phi) is 6.56. The fraction of sp³-hybridized carbons (Fsp3) is 0.300. The van der Waals surface area contributed by atoms with Gasteiger partial charge in [-0.3, -0.25) is 4.79 Å². The summed E-state index contributed by atoms with van der Waals surface area (Å²) in [4.78, 5) is 18.6. The van der Waals surface area contributed by atoms with Gasteiger partial charge in [-0.15, -0.1) is 13.2 Å². The number of hydrogen-bond acceptors (Lipinski definition) is 2. The van der Waals surface area contributed by atoms with Gasteiger partial charge in [0.2, 0.25) is 0 Å². The Bertz CT molecular complexity index is 679. The molecule has 0 radical (unpaired) electrons. The second-order valence-corrected chi connectivity index (χ2v) is 6.13. The molecule has 0 aliphatic carbocycles. The maximum absolute atomic E-state index is 12.6. The van der Waals surface area contributed by atoms with Gasteiger partial charge >= 0.3 is 0 Å². The molecule has 3 rings (SSSR count). The minimum absolute atomic E-state index is 0.0102. The number of amides is 1. The van der Waals surface area contributed by atoms with Crippen molar-refractivity contribution in [3.63, 3.8) is 0 Å². The molecule has 0 atom stereocenters. The zero-order valence-electron chi connectivity index (χ0n) is 14.0. The second kappa shape index (κ2) is 8.65. The van der Waals surface area contributed by atoms with Gasteiger partial charge in [-0.25, -0.2) is 4.98 Å². The van der Waals surface area contributed by atoms with Crippen LogP contribution in [0.15, 0.2) is 55.6 Å². The SMILES string of the molecule is C=C.Cc1ccc(C(=O)N2CCC(c3ccccc3)CC2)c(Cl)n1. The molecule has 1 aliphatic rings. The summed E-state index contributed by atoms with van der Waals surface area (Å²) in [7, 11) is 0. The highest BCUT2D eigenvalue weighted by atomic mass is 35.5. The summed E-state index contributed by atoms with van der Waals surface area (Å²) in [6.45, 7) is 9.40. The molecule has 0 unspecified atom stereocenters. The van der Waals surface area contributed by atoms with E-state index in [1.54, 1.807) is 6.07 Å². The van der Waals surface area contributed by atoms with Crippen molar-refractivity contribution in [2.24, 2.45) is 0 Å². The Hall–Kier alpha value is -2.13. The summed E-state index contributed by atoms with van der Waals surface area (Å²) in [5.41, 5.74) is 2.69. The molecule has 1 saturated heterocycles. The molecule has 0 bridgehead atoms. The highest BCUT2D eigenvalue weighted by Gasteiger charge is 2.25. The van der Waals surface area contributed by atoms with Crippen molar-refractivity contribution >= 4 is 17.5 Å². The summed E-state index contributed by atoms with van der Waals surface area (Å²) in [5.74, 6) is 0.529. The lowest BCUT2D eigenvalue weighted by Crippen LogP contribution is -2.38. The van der Waals surface area contributed by atoms with Crippen LogP contribution in [0.25, 0.3) is 0 Å². The van der Waals surface area contributed by atoms with Crippen molar-refractivity contribution in [2.75, 3.05) is 13.1 Å². The Morgan fingerprint density at radius 2 is 1.75 bits per heavy atom. The average Bonchev–Trinajstić information content (AvgIpc) is 2.64. The van der Waals surface area contributed by atoms with Crippen molar-refractivity contribution in [2.45, 2.75) is 25.7 Å². The van der Waals surface area contributed by atoms with Crippen molar-refractivity contribution < 1.29 is 4.79 Å². The molecule has 2 heterocycles. The number of rotatable bonds is 2. The number of likely N-dealkylation sites (tertiary alicyclic amines) is 1. The number of pyridine rings is 1. The largest absolute Gasteiger partial charge is 0.339 e. The molecule has 3 nitrogen and oxygen atoms in total. The topological polar surface area (TPSA) is 33.2 Å². The molecule has 1 aromatic carbocycles. The van der Waals surface area contributed by atoms with E-state index >= 15 is 0 Å². The molecule has 1 aromatic heterocycles. The van der Waals surface area contributed by atoms with Crippen LogP contribution in [0.4, 0.5) is 0 Å². The third kappa shape index (κ3) is 4.24. The third-order valence-electron chi connectivity index (χ3n) is 4.27. The first kappa shape index (κ1) is 18.2. The van der Waals surface area contributed by atoms with E-state index in [0.29, 0.717) is 16.6 Å². The van der Waals surface area contributed by atoms with Gasteiger partial charge in [-0.05, 0) is 43.4 Å². The molecule has 24 heavy (non-hydrogen) atoms. The first-order chi connectivity index (χ1) is 11.6. The molecule has 1 fully saturated rings. The van der Waals surface area contributed by atoms with Crippen LogP contribution in [0.2, 0.25) is 5.15 Å². The molecule has 126 valence electrons.